The topological polar surface area (TPSA) is 52.3 Å². The molecule has 0 saturated heterocycles. The Labute approximate surface area is 228 Å². The van der Waals surface area contributed by atoms with Gasteiger partial charge < -0.3 is 14.1 Å². The van der Waals surface area contributed by atoms with Crippen LogP contribution in [-0.4, -0.2) is 26.5 Å². The van der Waals surface area contributed by atoms with Gasteiger partial charge in [-0.05, 0) is 29.4 Å². The molecule has 0 aliphatic heterocycles. The molecule has 0 amide bonds. The fourth-order valence-corrected chi connectivity index (χ4v) is 4.02. The molecule has 0 bridgehead atoms. The van der Waals surface area contributed by atoms with Crippen LogP contribution in [0.5, 0.6) is 5.75 Å². The molecular formula is C30H25FIrN4O-2. The minimum atomic E-state index is -0.333. The molecule has 0 spiro atoms. The van der Waals surface area contributed by atoms with Crippen molar-refractivity contribution in [2.24, 2.45) is 0 Å². The van der Waals surface area contributed by atoms with E-state index >= 15 is 0 Å². The summed E-state index contributed by atoms with van der Waals surface area (Å²) in [5.41, 5.74) is 4.99. The number of halogens is 1. The van der Waals surface area contributed by atoms with Crippen LogP contribution in [0.2, 0.25) is 0 Å². The van der Waals surface area contributed by atoms with E-state index in [-0.39, 0.29) is 31.3 Å². The molecule has 37 heavy (non-hydrogen) atoms. The summed E-state index contributed by atoms with van der Waals surface area (Å²) in [6.45, 7) is 6.29. The molecule has 3 aromatic heterocycles. The molecule has 7 heteroatoms. The van der Waals surface area contributed by atoms with Crippen molar-refractivity contribution in [3.63, 3.8) is 0 Å². The van der Waals surface area contributed by atoms with Gasteiger partial charge in [0.15, 0.2) is 0 Å². The molecule has 0 unspecified atom stereocenters. The zero-order valence-electron chi connectivity index (χ0n) is 20.9. The maximum Gasteiger partial charge on any atom is 0.102 e. The van der Waals surface area contributed by atoms with E-state index in [1.165, 1.54) is 12.1 Å². The summed E-state index contributed by atoms with van der Waals surface area (Å²) in [6.07, 6.45) is 1.77. The summed E-state index contributed by atoms with van der Waals surface area (Å²) < 4.78 is 20.7. The summed E-state index contributed by atoms with van der Waals surface area (Å²) >= 11 is 0. The Balaban J connectivity index is 0.000000186. The molecule has 6 rings (SSSR count). The number of aromatic nitrogens is 4. The minimum Gasteiger partial charge on any atom is -0.540 e. The van der Waals surface area contributed by atoms with E-state index < -0.39 is 0 Å². The van der Waals surface area contributed by atoms with E-state index in [1.807, 2.05) is 60.7 Å². The second-order valence-electron chi connectivity index (χ2n) is 9.38. The number of benzene rings is 3. The van der Waals surface area contributed by atoms with Crippen molar-refractivity contribution in [3.05, 3.63) is 103 Å². The first-order valence-electron chi connectivity index (χ1n) is 11.6. The zero-order valence-corrected chi connectivity index (χ0v) is 23.3. The average Bonchev–Trinajstić information content (AvgIpc) is 3.28. The number of pyridine rings is 1. The van der Waals surface area contributed by atoms with Crippen LogP contribution in [-0.2, 0) is 25.5 Å². The van der Waals surface area contributed by atoms with E-state index in [0.717, 1.165) is 44.9 Å². The Morgan fingerprint density at radius 2 is 1.68 bits per heavy atom. The Morgan fingerprint density at radius 3 is 2.35 bits per heavy atom. The van der Waals surface area contributed by atoms with Gasteiger partial charge in [-0.25, -0.2) is 0 Å². The quantitative estimate of drug-likeness (QED) is 0.190. The van der Waals surface area contributed by atoms with Crippen LogP contribution in [0.15, 0.2) is 79.0 Å². The number of imidazole rings is 1. The number of methoxy groups -OCH3 is 1. The Hall–Kier alpha value is -3.67. The fourth-order valence-electron chi connectivity index (χ4n) is 4.02. The normalized spacial score (nSPS) is 11.2. The monoisotopic (exact) mass is 669 g/mol. The summed E-state index contributed by atoms with van der Waals surface area (Å²) in [5, 5.41) is 0.741. The Kier molecular flexibility index (Phi) is 7.67. The smallest absolute Gasteiger partial charge is 0.102 e. The number of nitrogens with zero attached hydrogens (tertiary/aromatic N) is 4. The molecule has 0 aliphatic rings. The van der Waals surface area contributed by atoms with Crippen LogP contribution in [0.25, 0.3) is 38.8 Å². The number of fused-ring (bicyclic) bond motifs is 5. The van der Waals surface area contributed by atoms with Gasteiger partial charge in [0.05, 0.1) is 23.8 Å². The van der Waals surface area contributed by atoms with Crippen LogP contribution < -0.4 is 4.74 Å². The van der Waals surface area contributed by atoms with Crippen molar-refractivity contribution < 1.29 is 29.2 Å². The van der Waals surface area contributed by atoms with Gasteiger partial charge in [-0.2, -0.15) is 0 Å². The van der Waals surface area contributed by atoms with Crippen molar-refractivity contribution in [1.29, 1.82) is 0 Å². The second-order valence-corrected chi connectivity index (χ2v) is 9.38. The van der Waals surface area contributed by atoms with Crippen LogP contribution in [0.3, 0.4) is 0 Å². The number of rotatable bonds is 2. The van der Waals surface area contributed by atoms with Crippen LogP contribution in [0.1, 0.15) is 26.6 Å². The van der Waals surface area contributed by atoms with Crippen LogP contribution >= 0.6 is 0 Å². The number of hydrogen-bond acceptors (Lipinski definition) is 4. The average molecular weight is 669 g/mol. The minimum absolute atomic E-state index is 0. The van der Waals surface area contributed by atoms with Crippen LogP contribution in [0, 0.1) is 17.9 Å². The first kappa shape index (κ1) is 26.4. The van der Waals surface area contributed by atoms with Gasteiger partial charge in [0.25, 0.3) is 0 Å². The zero-order chi connectivity index (χ0) is 25.3. The van der Waals surface area contributed by atoms with Gasteiger partial charge in [0, 0.05) is 43.3 Å². The van der Waals surface area contributed by atoms with Crippen molar-refractivity contribution in [1.82, 2.24) is 19.4 Å². The molecule has 5 nitrogen and oxygen atoms in total. The van der Waals surface area contributed by atoms with Gasteiger partial charge in [-0.3, -0.25) is 14.4 Å². The Morgan fingerprint density at radius 1 is 0.892 bits per heavy atom. The largest absolute Gasteiger partial charge is 0.540 e. The molecule has 6 aromatic rings. The summed E-state index contributed by atoms with van der Waals surface area (Å²) in [4.78, 5) is 13.7. The van der Waals surface area contributed by atoms with Crippen LogP contribution in [0.4, 0.5) is 4.39 Å². The third-order valence-electron chi connectivity index (χ3n) is 5.74. The van der Waals surface area contributed by atoms with Gasteiger partial charge >= 0.3 is 0 Å². The molecule has 189 valence electrons. The van der Waals surface area contributed by atoms with E-state index in [1.54, 1.807) is 13.3 Å². The summed E-state index contributed by atoms with van der Waals surface area (Å²) in [7, 11) is 1.64. The Bertz CT molecular complexity index is 1660. The maximum atomic E-state index is 13.6. The van der Waals surface area contributed by atoms with Crippen molar-refractivity contribution >= 4 is 27.6 Å². The van der Waals surface area contributed by atoms with E-state index in [4.69, 9.17) is 14.7 Å². The van der Waals surface area contributed by atoms with Crippen molar-refractivity contribution in [3.8, 4) is 17.0 Å². The molecule has 3 aromatic carbocycles. The third-order valence-corrected chi connectivity index (χ3v) is 5.74. The molecular weight excluding hydrogens is 644 g/mol. The van der Waals surface area contributed by atoms with Gasteiger partial charge in [0.2, 0.25) is 0 Å². The van der Waals surface area contributed by atoms with Crippen molar-refractivity contribution in [2.75, 3.05) is 7.11 Å². The predicted molar refractivity (Wildman–Crippen MR) is 141 cm³/mol. The molecule has 0 fully saturated rings. The van der Waals surface area contributed by atoms with Crippen molar-refractivity contribution in [2.45, 2.75) is 26.2 Å². The first-order chi connectivity index (χ1) is 17.3. The van der Waals surface area contributed by atoms with Gasteiger partial charge in [-0.15, -0.1) is 42.0 Å². The maximum absolute atomic E-state index is 13.6. The molecule has 1 radical (unpaired) electrons. The van der Waals surface area contributed by atoms with E-state index in [0.29, 0.717) is 5.52 Å². The molecule has 0 aliphatic carbocycles. The number of hydrogen-bond donors (Lipinski definition) is 0. The van der Waals surface area contributed by atoms with Gasteiger partial charge in [0.1, 0.15) is 5.82 Å². The predicted octanol–water partition coefficient (Wildman–Crippen LogP) is 6.83. The third kappa shape index (κ3) is 5.38. The van der Waals surface area contributed by atoms with E-state index in [2.05, 4.69) is 42.3 Å². The SMILES string of the molecule is CC(C)(C)c1nc2cc(F)c[c-]c2c2nc3ccccc3n12.COc1c[c-]c(-c2ccccn2)cc1.[Ir]. The summed E-state index contributed by atoms with van der Waals surface area (Å²) in [6, 6.07) is 28.3. The molecule has 0 atom stereocenters. The van der Waals surface area contributed by atoms with Gasteiger partial charge in [-0.1, -0.05) is 56.5 Å². The second kappa shape index (κ2) is 10.8. The number of ether oxygens (including phenoxy) is 1. The fraction of sp³-hybridized carbons (Fsp3) is 0.167. The first-order valence-corrected chi connectivity index (χ1v) is 11.6. The molecule has 0 saturated carbocycles. The summed E-state index contributed by atoms with van der Waals surface area (Å²) in [5.74, 6) is 1.34. The number of para-hydroxylation sites is 2. The molecule has 0 N–H and O–H groups in total. The van der Waals surface area contributed by atoms with E-state index in [9.17, 15) is 4.39 Å². The molecule has 3 heterocycles. The standard InChI is InChI=1S/C18H15FN3.C12H10NO.Ir/c1-18(2,3)17-21-14-10-11(19)8-9-12(14)16-20-13-6-4-5-7-15(13)22(16)17;1-14-11-7-5-10(6-8-11)12-4-2-3-9-13-12;/h4-8,10H,1-3H3;2-5,7-9H,1H3;/q2*-1;.